The van der Waals surface area contributed by atoms with Gasteiger partial charge in [-0.05, 0) is 36.4 Å². The number of ether oxygens (including phenoxy) is 1. The number of hydrogen-bond donors (Lipinski definition) is 0. The number of ketones is 1. The highest BCUT2D eigenvalue weighted by molar-refractivity contribution is 6.00. The van der Waals surface area contributed by atoms with Crippen molar-refractivity contribution in [2.24, 2.45) is 0 Å². The van der Waals surface area contributed by atoms with Crippen molar-refractivity contribution in [2.75, 3.05) is 13.1 Å². The highest BCUT2D eigenvalue weighted by Crippen LogP contribution is 2.39. The van der Waals surface area contributed by atoms with Crippen molar-refractivity contribution in [3.63, 3.8) is 0 Å². The van der Waals surface area contributed by atoms with E-state index >= 15 is 0 Å². The van der Waals surface area contributed by atoms with E-state index in [-0.39, 0.29) is 18.2 Å². The van der Waals surface area contributed by atoms with Gasteiger partial charge in [-0.15, -0.1) is 10.2 Å². The fourth-order valence-electron chi connectivity index (χ4n) is 4.20. The number of benzene rings is 1. The molecule has 158 valence electrons. The number of Topliss-reactive ketones (excluding diaryl/α,β-unsaturated/α-hetero) is 1. The predicted octanol–water partition coefficient (Wildman–Crippen LogP) is 2.07. The molecule has 3 aromatic rings. The van der Waals surface area contributed by atoms with Crippen molar-refractivity contribution < 1.29 is 14.3 Å². The molecule has 4 heterocycles. The van der Waals surface area contributed by atoms with Crippen LogP contribution in [0.1, 0.15) is 35.2 Å². The Morgan fingerprint density at radius 3 is 2.71 bits per heavy atom. The van der Waals surface area contributed by atoms with Crippen molar-refractivity contribution in [2.45, 2.75) is 38.3 Å². The van der Waals surface area contributed by atoms with Gasteiger partial charge in [0.1, 0.15) is 17.9 Å². The number of fused-ring (bicyclic) bond motifs is 1. The molecule has 0 radical (unpaired) electrons. The number of likely N-dealkylation sites (tertiary alicyclic amines) is 1. The zero-order chi connectivity index (χ0) is 21.4. The number of aryl methyl sites for hydroxylation is 1. The van der Waals surface area contributed by atoms with Crippen LogP contribution in [0.15, 0.2) is 42.7 Å². The van der Waals surface area contributed by atoms with Crippen LogP contribution in [0, 0.1) is 6.92 Å². The number of amides is 1. The molecule has 5 rings (SSSR count). The molecule has 31 heavy (non-hydrogen) atoms. The fraction of sp³-hybridized carbons (Fsp3) is 0.364. The summed E-state index contributed by atoms with van der Waals surface area (Å²) in [6.07, 6.45) is 4.89. The molecule has 0 aliphatic carbocycles. The van der Waals surface area contributed by atoms with Crippen LogP contribution < -0.4 is 4.74 Å². The average Bonchev–Trinajstić information content (AvgIpc) is 3.24. The van der Waals surface area contributed by atoms with Crippen LogP contribution in [0.3, 0.4) is 0 Å². The second kappa shape index (κ2) is 7.57. The van der Waals surface area contributed by atoms with E-state index in [1.807, 2.05) is 25.1 Å². The molecule has 9 heteroatoms. The Balaban J connectivity index is 1.22. The van der Waals surface area contributed by atoms with Crippen molar-refractivity contribution in [3.8, 4) is 17.1 Å². The first-order valence-corrected chi connectivity index (χ1v) is 10.3. The molecule has 0 saturated carbocycles. The fourth-order valence-corrected chi connectivity index (χ4v) is 4.20. The average molecular weight is 418 g/mol. The van der Waals surface area contributed by atoms with Gasteiger partial charge in [-0.1, -0.05) is 11.6 Å². The monoisotopic (exact) mass is 418 g/mol. The number of carbonyl (C=O) groups excluding carboxylic acids is 2. The van der Waals surface area contributed by atoms with Crippen LogP contribution in [0.25, 0.3) is 11.4 Å². The number of aromatic nitrogens is 5. The number of carbonyl (C=O) groups is 2. The Hall–Kier alpha value is -3.62. The van der Waals surface area contributed by atoms with Crippen LogP contribution in [-0.2, 0) is 11.3 Å². The van der Waals surface area contributed by atoms with Gasteiger partial charge in [-0.3, -0.25) is 14.6 Å². The van der Waals surface area contributed by atoms with Gasteiger partial charge in [-0.2, -0.15) is 4.80 Å². The van der Waals surface area contributed by atoms with Crippen molar-refractivity contribution in [1.82, 2.24) is 30.1 Å². The number of hydrogen-bond acceptors (Lipinski definition) is 7. The van der Waals surface area contributed by atoms with Gasteiger partial charge in [0, 0.05) is 43.9 Å². The van der Waals surface area contributed by atoms with E-state index in [0.29, 0.717) is 49.5 Å². The summed E-state index contributed by atoms with van der Waals surface area (Å²) in [7, 11) is 0. The maximum Gasteiger partial charge on any atom is 0.246 e. The number of tetrazole rings is 1. The zero-order valence-electron chi connectivity index (χ0n) is 17.2. The van der Waals surface area contributed by atoms with Crippen molar-refractivity contribution >= 4 is 11.7 Å². The second-order valence-electron chi connectivity index (χ2n) is 8.14. The SMILES string of the molecule is Cc1ccc2c(c1)C(=O)CC1(CCN(C(=O)Cn3nnc(-c4ccncc4)n3)CC1)O2. The summed E-state index contributed by atoms with van der Waals surface area (Å²) in [5.74, 6) is 1.14. The van der Waals surface area contributed by atoms with Gasteiger partial charge >= 0.3 is 0 Å². The summed E-state index contributed by atoms with van der Waals surface area (Å²) < 4.78 is 6.28. The Labute approximate surface area is 179 Å². The molecular weight excluding hydrogens is 396 g/mol. The summed E-state index contributed by atoms with van der Waals surface area (Å²) in [6, 6.07) is 9.29. The van der Waals surface area contributed by atoms with Crippen LogP contribution in [-0.4, -0.2) is 60.5 Å². The summed E-state index contributed by atoms with van der Waals surface area (Å²) in [4.78, 5) is 32.5. The minimum atomic E-state index is -0.532. The minimum Gasteiger partial charge on any atom is -0.486 e. The lowest BCUT2D eigenvalue weighted by Gasteiger charge is -2.44. The van der Waals surface area contributed by atoms with Gasteiger partial charge in [-0.25, -0.2) is 0 Å². The molecule has 1 fully saturated rings. The van der Waals surface area contributed by atoms with E-state index in [9.17, 15) is 9.59 Å². The Morgan fingerprint density at radius 1 is 1.16 bits per heavy atom. The lowest BCUT2D eigenvalue weighted by molar-refractivity contribution is -0.135. The topological polar surface area (TPSA) is 103 Å². The third kappa shape index (κ3) is 3.78. The largest absolute Gasteiger partial charge is 0.486 e. The quantitative estimate of drug-likeness (QED) is 0.641. The normalized spacial score (nSPS) is 17.3. The standard InChI is InChI=1S/C22H22N6O3/c1-15-2-3-19-17(12-15)18(29)13-22(31-19)6-10-27(11-7-22)20(30)14-28-25-21(24-26-28)16-4-8-23-9-5-16/h2-5,8-9,12H,6-7,10-11,13-14H2,1H3. The van der Waals surface area contributed by atoms with Gasteiger partial charge < -0.3 is 9.64 Å². The highest BCUT2D eigenvalue weighted by Gasteiger charge is 2.43. The molecule has 1 amide bonds. The van der Waals surface area contributed by atoms with E-state index < -0.39 is 5.60 Å². The first-order chi connectivity index (χ1) is 15.0. The second-order valence-corrected chi connectivity index (χ2v) is 8.14. The molecule has 0 bridgehead atoms. The Bertz CT molecular complexity index is 1140. The predicted molar refractivity (Wildman–Crippen MR) is 110 cm³/mol. The summed E-state index contributed by atoms with van der Waals surface area (Å²) >= 11 is 0. The minimum absolute atomic E-state index is 0.0208. The molecule has 1 spiro atoms. The molecule has 2 aromatic heterocycles. The third-order valence-electron chi connectivity index (χ3n) is 5.94. The number of nitrogens with zero attached hydrogens (tertiary/aromatic N) is 6. The number of pyridine rings is 1. The van der Waals surface area contributed by atoms with E-state index in [1.165, 1.54) is 4.80 Å². The Morgan fingerprint density at radius 2 is 1.94 bits per heavy atom. The van der Waals surface area contributed by atoms with Gasteiger partial charge in [0.2, 0.25) is 11.7 Å². The molecular formula is C22H22N6O3. The van der Waals surface area contributed by atoms with Gasteiger partial charge in [0.25, 0.3) is 0 Å². The van der Waals surface area contributed by atoms with E-state index in [2.05, 4.69) is 20.4 Å². The summed E-state index contributed by atoms with van der Waals surface area (Å²) in [6.45, 7) is 3.04. The van der Waals surface area contributed by atoms with Crippen LogP contribution in [0.5, 0.6) is 5.75 Å². The maximum absolute atomic E-state index is 12.8. The van der Waals surface area contributed by atoms with E-state index in [4.69, 9.17) is 4.74 Å². The summed E-state index contributed by atoms with van der Waals surface area (Å²) in [5.41, 5.74) is 1.96. The zero-order valence-corrected chi connectivity index (χ0v) is 17.2. The van der Waals surface area contributed by atoms with E-state index in [1.54, 1.807) is 29.4 Å². The molecule has 1 aromatic carbocycles. The smallest absolute Gasteiger partial charge is 0.246 e. The molecule has 2 aliphatic heterocycles. The van der Waals surface area contributed by atoms with Crippen LogP contribution >= 0.6 is 0 Å². The van der Waals surface area contributed by atoms with Gasteiger partial charge in [0.05, 0.1) is 12.0 Å². The summed E-state index contributed by atoms with van der Waals surface area (Å²) in [5, 5.41) is 12.3. The van der Waals surface area contributed by atoms with E-state index in [0.717, 1.165) is 11.1 Å². The lowest BCUT2D eigenvalue weighted by atomic mass is 9.82. The third-order valence-corrected chi connectivity index (χ3v) is 5.94. The number of piperidine rings is 1. The first kappa shape index (κ1) is 19.3. The first-order valence-electron chi connectivity index (χ1n) is 10.3. The molecule has 9 nitrogen and oxygen atoms in total. The van der Waals surface area contributed by atoms with Crippen LogP contribution in [0.2, 0.25) is 0 Å². The molecule has 0 unspecified atom stereocenters. The lowest BCUT2D eigenvalue weighted by Crippen LogP contribution is -2.52. The van der Waals surface area contributed by atoms with Crippen LogP contribution in [0.4, 0.5) is 0 Å². The molecule has 1 saturated heterocycles. The highest BCUT2D eigenvalue weighted by atomic mass is 16.5. The Kier molecular flexibility index (Phi) is 4.72. The molecule has 2 aliphatic rings. The van der Waals surface area contributed by atoms with Crippen molar-refractivity contribution in [1.29, 1.82) is 0 Å². The maximum atomic E-state index is 12.8. The van der Waals surface area contributed by atoms with Gasteiger partial charge in [0.15, 0.2) is 5.78 Å². The molecule has 0 atom stereocenters. The molecule has 0 N–H and O–H groups in total. The number of rotatable bonds is 3. The van der Waals surface area contributed by atoms with Crippen molar-refractivity contribution in [3.05, 3.63) is 53.9 Å².